The van der Waals surface area contributed by atoms with Gasteiger partial charge in [0.15, 0.2) is 0 Å². The third kappa shape index (κ3) is 1.54. The molecule has 1 aromatic rings. The highest BCUT2D eigenvalue weighted by Crippen LogP contribution is 2.38. The summed E-state index contributed by atoms with van der Waals surface area (Å²) in [5.41, 5.74) is 2.83. The number of rotatable bonds is 1. The quantitative estimate of drug-likeness (QED) is 0.680. The maximum absolute atomic E-state index is 3.99. The van der Waals surface area contributed by atoms with Crippen molar-refractivity contribution in [1.82, 2.24) is 10.2 Å². The minimum Gasteiger partial charge on any atom is -0.159 e. The Balaban J connectivity index is 2.31. The Morgan fingerprint density at radius 3 is 2.71 bits per heavy atom. The molecule has 0 saturated carbocycles. The van der Waals surface area contributed by atoms with Gasteiger partial charge in [0, 0.05) is 0 Å². The standard InChI is InChI=1S/C12H18N2/c1-8(2)11-5-4-10-6-13-14-7-12(10)9(11)3/h6-9,11H,4-5H2,1-3H3. The Bertz CT molecular complexity index is 320. The SMILES string of the molecule is CC(C)C1CCc2cnncc2C1C. The lowest BCUT2D eigenvalue weighted by atomic mass is 9.72. The smallest absolute Gasteiger partial charge is 0.0533 e. The van der Waals surface area contributed by atoms with Gasteiger partial charge >= 0.3 is 0 Å². The highest BCUT2D eigenvalue weighted by atomic mass is 15.1. The molecule has 76 valence electrons. The van der Waals surface area contributed by atoms with Crippen LogP contribution in [0.5, 0.6) is 0 Å². The molecule has 0 spiro atoms. The maximum atomic E-state index is 3.99. The first-order chi connectivity index (χ1) is 6.70. The third-order valence-corrected chi connectivity index (χ3v) is 3.58. The molecular weight excluding hydrogens is 172 g/mol. The molecule has 0 bridgehead atoms. The predicted octanol–water partition coefficient (Wildman–Crippen LogP) is 2.80. The molecule has 2 unspecified atom stereocenters. The number of hydrogen-bond donors (Lipinski definition) is 0. The molecule has 0 amide bonds. The van der Waals surface area contributed by atoms with Crippen molar-refractivity contribution in [1.29, 1.82) is 0 Å². The van der Waals surface area contributed by atoms with Crippen LogP contribution in [0.25, 0.3) is 0 Å². The van der Waals surface area contributed by atoms with E-state index in [2.05, 4.69) is 31.0 Å². The second-order valence-electron chi connectivity index (χ2n) is 4.70. The molecule has 2 nitrogen and oxygen atoms in total. The zero-order chi connectivity index (χ0) is 10.1. The Hall–Kier alpha value is -0.920. The summed E-state index contributed by atoms with van der Waals surface area (Å²) < 4.78 is 0. The number of aryl methyl sites for hydroxylation is 1. The molecule has 0 fully saturated rings. The fourth-order valence-corrected chi connectivity index (χ4v) is 2.69. The zero-order valence-corrected chi connectivity index (χ0v) is 9.20. The first-order valence-electron chi connectivity index (χ1n) is 5.49. The van der Waals surface area contributed by atoms with Crippen molar-refractivity contribution >= 4 is 0 Å². The number of fused-ring (bicyclic) bond motifs is 1. The molecular formula is C12H18N2. The molecule has 1 aliphatic carbocycles. The summed E-state index contributed by atoms with van der Waals surface area (Å²) in [4.78, 5) is 0. The van der Waals surface area contributed by atoms with Gasteiger partial charge < -0.3 is 0 Å². The topological polar surface area (TPSA) is 25.8 Å². The van der Waals surface area contributed by atoms with Crippen LogP contribution in [-0.2, 0) is 6.42 Å². The average Bonchev–Trinajstić information content (AvgIpc) is 2.18. The van der Waals surface area contributed by atoms with Crippen molar-refractivity contribution < 1.29 is 0 Å². The minimum atomic E-state index is 0.647. The zero-order valence-electron chi connectivity index (χ0n) is 9.20. The van der Waals surface area contributed by atoms with Crippen LogP contribution in [0.4, 0.5) is 0 Å². The number of aromatic nitrogens is 2. The molecule has 0 aliphatic heterocycles. The van der Waals surface area contributed by atoms with Gasteiger partial charge in [-0.3, -0.25) is 0 Å². The fourth-order valence-electron chi connectivity index (χ4n) is 2.69. The van der Waals surface area contributed by atoms with Crippen molar-refractivity contribution in [2.45, 2.75) is 39.5 Å². The van der Waals surface area contributed by atoms with Crippen LogP contribution >= 0.6 is 0 Å². The van der Waals surface area contributed by atoms with Crippen LogP contribution in [0.2, 0.25) is 0 Å². The van der Waals surface area contributed by atoms with E-state index in [0.29, 0.717) is 5.92 Å². The maximum Gasteiger partial charge on any atom is 0.0533 e. The molecule has 0 aromatic carbocycles. The second kappa shape index (κ2) is 3.68. The normalized spacial score (nSPS) is 26.3. The molecule has 1 aromatic heterocycles. The van der Waals surface area contributed by atoms with Crippen LogP contribution in [0.1, 0.15) is 44.2 Å². The predicted molar refractivity (Wildman–Crippen MR) is 57.1 cm³/mol. The van der Waals surface area contributed by atoms with E-state index in [9.17, 15) is 0 Å². The number of nitrogens with zero attached hydrogens (tertiary/aromatic N) is 2. The lowest BCUT2D eigenvalue weighted by molar-refractivity contribution is 0.294. The van der Waals surface area contributed by atoms with E-state index >= 15 is 0 Å². The van der Waals surface area contributed by atoms with Gasteiger partial charge in [-0.25, -0.2) is 0 Å². The van der Waals surface area contributed by atoms with Crippen molar-refractivity contribution in [2.24, 2.45) is 11.8 Å². The monoisotopic (exact) mass is 190 g/mol. The molecule has 14 heavy (non-hydrogen) atoms. The molecule has 1 aliphatic rings. The van der Waals surface area contributed by atoms with Gasteiger partial charge in [0.25, 0.3) is 0 Å². The van der Waals surface area contributed by atoms with E-state index in [1.54, 1.807) is 0 Å². The van der Waals surface area contributed by atoms with E-state index in [1.807, 2.05) is 12.4 Å². The molecule has 2 heteroatoms. The summed E-state index contributed by atoms with van der Waals surface area (Å²) in [6.07, 6.45) is 6.37. The lowest BCUT2D eigenvalue weighted by Crippen LogP contribution is -2.23. The summed E-state index contributed by atoms with van der Waals surface area (Å²) in [5, 5.41) is 7.94. The first kappa shape index (κ1) is 9.63. The van der Waals surface area contributed by atoms with E-state index in [4.69, 9.17) is 0 Å². The first-order valence-corrected chi connectivity index (χ1v) is 5.49. The average molecular weight is 190 g/mol. The van der Waals surface area contributed by atoms with Gasteiger partial charge in [-0.15, -0.1) is 0 Å². The minimum absolute atomic E-state index is 0.647. The fraction of sp³-hybridized carbons (Fsp3) is 0.667. The van der Waals surface area contributed by atoms with Gasteiger partial charge in [0.2, 0.25) is 0 Å². The molecule has 1 heterocycles. The van der Waals surface area contributed by atoms with Crippen molar-refractivity contribution in [2.75, 3.05) is 0 Å². The van der Waals surface area contributed by atoms with Crippen molar-refractivity contribution in [3.63, 3.8) is 0 Å². The Morgan fingerprint density at radius 1 is 1.29 bits per heavy atom. The number of hydrogen-bond acceptors (Lipinski definition) is 2. The van der Waals surface area contributed by atoms with Crippen LogP contribution < -0.4 is 0 Å². The van der Waals surface area contributed by atoms with E-state index in [-0.39, 0.29) is 0 Å². The van der Waals surface area contributed by atoms with Gasteiger partial charge in [0.1, 0.15) is 0 Å². The van der Waals surface area contributed by atoms with Gasteiger partial charge in [-0.1, -0.05) is 20.8 Å². The molecule has 2 atom stereocenters. The van der Waals surface area contributed by atoms with Crippen LogP contribution in [0.15, 0.2) is 12.4 Å². The molecule has 0 saturated heterocycles. The van der Waals surface area contributed by atoms with Crippen molar-refractivity contribution in [3.05, 3.63) is 23.5 Å². The Morgan fingerprint density at radius 2 is 2.00 bits per heavy atom. The van der Waals surface area contributed by atoms with Gasteiger partial charge in [0.05, 0.1) is 12.4 Å². The highest BCUT2D eigenvalue weighted by molar-refractivity contribution is 5.28. The third-order valence-electron chi connectivity index (χ3n) is 3.58. The second-order valence-corrected chi connectivity index (χ2v) is 4.70. The summed E-state index contributed by atoms with van der Waals surface area (Å²) in [5.74, 6) is 2.23. The van der Waals surface area contributed by atoms with E-state index < -0.39 is 0 Å². The summed E-state index contributed by atoms with van der Waals surface area (Å²) in [6, 6.07) is 0. The Labute approximate surface area is 85.8 Å². The van der Waals surface area contributed by atoms with Crippen LogP contribution in [0, 0.1) is 11.8 Å². The largest absolute Gasteiger partial charge is 0.159 e. The van der Waals surface area contributed by atoms with Crippen LogP contribution in [0.3, 0.4) is 0 Å². The lowest BCUT2D eigenvalue weighted by Gasteiger charge is -2.33. The van der Waals surface area contributed by atoms with Crippen molar-refractivity contribution in [3.8, 4) is 0 Å². The molecule has 0 N–H and O–H groups in total. The van der Waals surface area contributed by atoms with Crippen LogP contribution in [-0.4, -0.2) is 10.2 Å². The summed E-state index contributed by atoms with van der Waals surface area (Å²) in [6.45, 7) is 6.96. The van der Waals surface area contributed by atoms with Gasteiger partial charge in [-0.2, -0.15) is 10.2 Å². The Kier molecular flexibility index (Phi) is 2.53. The van der Waals surface area contributed by atoms with E-state index in [1.165, 1.54) is 24.0 Å². The van der Waals surface area contributed by atoms with E-state index in [0.717, 1.165) is 11.8 Å². The summed E-state index contributed by atoms with van der Waals surface area (Å²) in [7, 11) is 0. The highest BCUT2D eigenvalue weighted by Gasteiger charge is 2.28. The molecule has 0 radical (unpaired) electrons. The van der Waals surface area contributed by atoms with Gasteiger partial charge in [-0.05, 0) is 41.7 Å². The molecule has 2 rings (SSSR count). The summed E-state index contributed by atoms with van der Waals surface area (Å²) >= 11 is 0.